The molecule has 0 aromatic heterocycles. The van der Waals surface area contributed by atoms with Gasteiger partial charge in [-0.15, -0.1) is 13.2 Å². The van der Waals surface area contributed by atoms with Gasteiger partial charge in [-0.2, -0.15) is 0 Å². The molecule has 0 aliphatic carbocycles. The molecule has 0 saturated carbocycles. The van der Waals surface area contributed by atoms with E-state index >= 15 is 0 Å². The topological polar surface area (TPSA) is 77.8 Å². The third-order valence-corrected chi connectivity index (χ3v) is 0. The van der Waals surface area contributed by atoms with Crippen LogP contribution in [0.15, 0.2) is 13.2 Å². The third-order valence-electron chi connectivity index (χ3n) is 0. The molecule has 8 heavy (non-hydrogen) atoms. The van der Waals surface area contributed by atoms with E-state index in [9.17, 15) is 0 Å². The van der Waals surface area contributed by atoms with Crippen molar-refractivity contribution < 1.29 is 39.5 Å². The first-order valence-electron chi connectivity index (χ1n) is 1.28. The quantitative estimate of drug-likeness (QED) is 0.187. The van der Waals surface area contributed by atoms with Crippen LogP contribution in [-0.2, 0) is 4.57 Å². The maximum absolute atomic E-state index is 8.88. The molecule has 0 aliphatic heterocycles. The van der Waals surface area contributed by atoms with Crippen LogP contribution >= 0.6 is 7.82 Å². The van der Waals surface area contributed by atoms with Crippen LogP contribution in [0, 0.1) is 0 Å². The Morgan fingerprint density at radius 3 is 1.25 bits per heavy atom. The van der Waals surface area contributed by atoms with E-state index in [2.05, 4.69) is 13.2 Å². The van der Waals surface area contributed by atoms with Crippen molar-refractivity contribution in [1.29, 1.82) is 0 Å². The van der Waals surface area contributed by atoms with E-state index < -0.39 is 7.82 Å². The molecular formula is C2H8LiO4P. The average Bonchev–Trinajstić information content (AvgIpc) is 1.36. The summed E-state index contributed by atoms with van der Waals surface area (Å²) in [5, 5.41) is 0. The predicted octanol–water partition coefficient (Wildman–Crippen LogP) is -3.01. The van der Waals surface area contributed by atoms with Gasteiger partial charge in [-0.1, -0.05) is 0 Å². The van der Waals surface area contributed by atoms with E-state index in [0.717, 1.165) is 0 Å². The van der Waals surface area contributed by atoms with Crippen LogP contribution < -0.4 is 18.9 Å². The number of rotatable bonds is 0. The smallest absolute Gasteiger partial charge is 1.00 e. The summed E-state index contributed by atoms with van der Waals surface area (Å²) in [6.07, 6.45) is 0. The fraction of sp³-hybridized carbons (Fsp3) is 0. The second-order valence-electron chi connectivity index (χ2n) is 0.513. The van der Waals surface area contributed by atoms with Gasteiger partial charge in [-0.05, 0) is 0 Å². The summed E-state index contributed by atoms with van der Waals surface area (Å²) in [5.74, 6) is 0. The fourth-order valence-corrected chi connectivity index (χ4v) is 0. The number of hydrogen-bond acceptors (Lipinski definition) is 1. The molecule has 0 spiro atoms. The Kier molecular flexibility index (Phi) is 14.7. The predicted molar refractivity (Wildman–Crippen MR) is 26.6 cm³/mol. The Morgan fingerprint density at radius 1 is 1.25 bits per heavy atom. The first kappa shape index (κ1) is 15.8. The second-order valence-corrected chi connectivity index (χ2v) is 1.54. The summed E-state index contributed by atoms with van der Waals surface area (Å²) in [7, 11) is -4.64. The molecule has 0 heterocycles. The van der Waals surface area contributed by atoms with Crippen molar-refractivity contribution in [2.45, 2.75) is 0 Å². The molecule has 6 heteroatoms. The largest absolute Gasteiger partial charge is 1.00 e. The molecule has 0 fully saturated rings. The molecule has 3 N–H and O–H groups in total. The molecule has 0 unspecified atom stereocenters. The van der Waals surface area contributed by atoms with Crippen molar-refractivity contribution >= 4 is 7.82 Å². The maximum Gasteiger partial charge on any atom is 1.00 e. The molecule has 0 radical (unpaired) electrons. The molecule has 46 valence electrons. The van der Waals surface area contributed by atoms with Crippen LogP contribution in [-0.4, -0.2) is 14.7 Å². The summed E-state index contributed by atoms with van der Waals surface area (Å²) in [6, 6.07) is 0. The summed E-state index contributed by atoms with van der Waals surface area (Å²) in [4.78, 5) is 21.6. The molecule has 4 nitrogen and oxygen atoms in total. The molecule has 0 bridgehead atoms. The van der Waals surface area contributed by atoms with Gasteiger partial charge in [-0.3, -0.25) is 0 Å². The summed E-state index contributed by atoms with van der Waals surface area (Å²) in [5.41, 5.74) is 0. The van der Waals surface area contributed by atoms with Gasteiger partial charge in [0.1, 0.15) is 0 Å². The molecule has 0 aliphatic rings. The zero-order valence-corrected chi connectivity index (χ0v) is 5.51. The van der Waals surface area contributed by atoms with Gasteiger partial charge in [0, 0.05) is 0 Å². The van der Waals surface area contributed by atoms with Crippen molar-refractivity contribution in [3.8, 4) is 0 Å². The van der Waals surface area contributed by atoms with Gasteiger partial charge in [0.15, 0.2) is 0 Å². The Morgan fingerprint density at radius 2 is 1.25 bits per heavy atom. The molecule has 0 atom stereocenters. The zero-order valence-electron chi connectivity index (χ0n) is 5.61. The Hall–Kier alpha value is 0.447. The Balaban J connectivity index is -0.0000000286. The SMILES string of the molecule is C=C.O=P(O)(O)O.[H-].[Li+]. The minimum atomic E-state index is -4.64. The second kappa shape index (κ2) is 7.45. The van der Waals surface area contributed by atoms with E-state index in [0.29, 0.717) is 0 Å². The average molecular weight is 134 g/mol. The van der Waals surface area contributed by atoms with Crippen molar-refractivity contribution in [3.63, 3.8) is 0 Å². The van der Waals surface area contributed by atoms with Crippen LogP contribution in [0.25, 0.3) is 0 Å². The minimum Gasteiger partial charge on any atom is -1.00 e. The molecule has 0 rings (SSSR count). The minimum absolute atomic E-state index is 0. The maximum atomic E-state index is 8.88. The van der Waals surface area contributed by atoms with Crippen molar-refractivity contribution in [3.05, 3.63) is 13.2 Å². The van der Waals surface area contributed by atoms with E-state index in [4.69, 9.17) is 19.2 Å². The molecule has 0 saturated heterocycles. The van der Waals surface area contributed by atoms with E-state index in [1.54, 1.807) is 0 Å². The molecule has 0 aromatic carbocycles. The first-order chi connectivity index (χ1) is 3.00. The van der Waals surface area contributed by atoms with Crippen LogP contribution in [0.2, 0.25) is 0 Å². The standard InChI is InChI=1S/C2H4.Li.H3O4P.H/c1-2;;1-5(2,3)4;/h1-2H2;;(H3,1,2,3,4);/q;+1;;-1. The monoisotopic (exact) mass is 134 g/mol. The van der Waals surface area contributed by atoms with Crippen molar-refractivity contribution in [2.75, 3.05) is 0 Å². The summed E-state index contributed by atoms with van der Waals surface area (Å²) in [6.45, 7) is 6.00. The van der Waals surface area contributed by atoms with Gasteiger partial charge in [-0.25, -0.2) is 4.57 Å². The Bertz CT molecular complexity index is 74.4. The fourth-order valence-electron chi connectivity index (χ4n) is 0. The number of phosphoric acid groups is 1. The third kappa shape index (κ3) is 956. The summed E-state index contributed by atoms with van der Waals surface area (Å²) >= 11 is 0. The van der Waals surface area contributed by atoms with Gasteiger partial charge in [0.25, 0.3) is 0 Å². The van der Waals surface area contributed by atoms with Gasteiger partial charge in [0.05, 0.1) is 0 Å². The normalized spacial score (nSPS) is 7.88. The van der Waals surface area contributed by atoms with E-state index in [-0.39, 0.29) is 20.3 Å². The van der Waals surface area contributed by atoms with E-state index in [1.165, 1.54) is 0 Å². The molecular weight excluding hydrogens is 126 g/mol. The van der Waals surface area contributed by atoms with Crippen molar-refractivity contribution in [2.24, 2.45) is 0 Å². The zero-order chi connectivity index (χ0) is 6.50. The molecule has 0 aromatic rings. The van der Waals surface area contributed by atoms with Crippen LogP contribution in [0.5, 0.6) is 0 Å². The summed E-state index contributed by atoms with van der Waals surface area (Å²) < 4.78 is 8.88. The Labute approximate surface area is 61.1 Å². The molecule has 0 amide bonds. The van der Waals surface area contributed by atoms with Gasteiger partial charge in [0.2, 0.25) is 0 Å². The van der Waals surface area contributed by atoms with Crippen LogP contribution in [0.1, 0.15) is 1.43 Å². The van der Waals surface area contributed by atoms with E-state index in [1.807, 2.05) is 0 Å². The first-order valence-corrected chi connectivity index (χ1v) is 2.85. The van der Waals surface area contributed by atoms with Crippen LogP contribution in [0.4, 0.5) is 0 Å². The number of hydrogen-bond donors (Lipinski definition) is 3. The van der Waals surface area contributed by atoms with Crippen LogP contribution in [0.3, 0.4) is 0 Å². The van der Waals surface area contributed by atoms with Crippen molar-refractivity contribution in [1.82, 2.24) is 0 Å². The van der Waals surface area contributed by atoms with Gasteiger partial charge >= 0.3 is 26.7 Å². The van der Waals surface area contributed by atoms with Gasteiger partial charge < -0.3 is 16.1 Å².